The predicted molar refractivity (Wildman–Crippen MR) is 153 cm³/mol. The summed E-state index contributed by atoms with van der Waals surface area (Å²) in [7, 11) is -2.62. The molecule has 2 aliphatic heterocycles. The summed E-state index contributed by atoms with van der Waals surface area (Å²) >= 11 is 6.12. The standard InChI is InChI=1S/C29H30ClN3O6S/c1-20(28(34)33-13-12-21-6-3-4-9-25(21)33)39-29(35)22-10-11-26(38-2)27(18-22)40(36,37)32-16-14-31(15-17-32)24-8-5-7-23(30)19-24/h3-11,18-20H,12-17H2,1-2H3. The lowest BCUT2D eigenvalue weighted by Crippen LogP contribution is -2.48. The first kappa shape index (κ1) is 27.9. The van der Waals surface area contributed by atoms with Crippen LogP contribution < -0.4 is 14.5 Å². The van der Waals surface area contributed by atoms with Gasteiger partial charge in [-0.3, -0.25) is 4.79 Å². The van der Waals surface area contributed by atoms with E-state index in [1.165, 1.54) is 36.5 Å². The fourth-order valence-electron chi connectivity index (χ4n) is 5.07. The summed E-state index contributed by atoms with van der Waals surface area (Å²) in [5, 5.41) is 0.613. The van der Waals surface area contributed by atoms with Crippen molar-refractivity contribution in [2.45, 2.75) is 24.3 Å². The quantitative estimate of drug-likeness (QED) is 0.388. The minimum absolute atomic E-state index is 0.0124. The Labute approximate surface area is 238 Å². The molecule has 11 heteroatoms. The molecule has 210 valence electrons. The average molecular weight is 584 g/mol. The van der Waals surface area contributed by atoms with Crippen molar-refractivity contribution in [2.75, 3.05) is 49.6 Å². The first-order valence-corrected chi connectivity index (χ1v) is 14.8. The number of hydrogen-bond acceptors (Lipinski definition) is 7. The van der Waals surface area contributed by atoms with Gasteiger partial charge in [0.1, 0.15) is 10.6 Å². The van der Waals surface area contributed by atoms with E-state index in [2.05, 4.69) is 4.90 Å². The van der Waals surface area contributed by atoms with Crippen molar-refractivity contribution in [1.82, 2.24) is 4.31 Å². The van der Waals surface area contributed by atoms with Gasteiger partial charge in [0, 0.05) is 49.1 Å². The lowest BCUT2D eigenvalue weighted by atomic mass is 10.2. The number of piperazine rings is 1. The van der Waals surface area contributed by atoms with Crippen LogP contribution >= 0.6 is 11.6 Å². The average Bonchev–Trinajstić information content (AvgIpc) is 3.40. The van der Waals surface area contributed by atoms with Crippen molar-refractivity contribution in [3.8, 4) is 5.75 Å². The van der Waals surface area contributed by atoms with Gasteiger partial charge in [0.05, 0.1) is 12.7 Å². The van der Waals surface area contributed by atoms with Crippen molar-refractivity contribution in [2.24, 2.45) is 0 Å². The van der Waals surface area contributed by atoms with E-state index in [0.29, 0.717) is 24.7 Å². The number of para-hydroxylation sites is 1. The number of benzene rings is 3. The van der Waals surface area contributed by atoms with Gasteiger partial charge in [-0.15, -0.1) is 0 Å². The molecule has 40 heavy (non-hydrogen) atoms. The molecule has 0 aromatic heterocycles. The van der Waals surface area contributed by atoms with Crippen LogP contribution in [0, 0.1) is 0 Å². The van der Waals surface area contributed by atoms with E-state index in [9.17, 15) is 18.0 Å². The highest BCUT2D eigenvalue weighted by atomic mass is 35.5. The zero-order chi connectivity index (χ0) is 28.4. The Morgan fingerprint density at radius 1 is 0.925 bits per heavy atom. The Morgan fingerprint density at radius 3 is 2.40 bits per heavy atom. The fourth-order valence-corrected chi connectivity index (χ4v) is 6.86. The molecule has 1 amide bonds. The second-order valence-electron chi connectivity index (χ2n) is 9.65. The smallest absolute Gasteiger partial charge is 0.338 e. The number of nitrogens with zero attached hydrogens (tertiary/aromatic N) is 3. The summed E-state index contributed by atoms with van der Waals surface area (Å²) < 4.78 is 39.5. The number of halogens is 1. The maximum absolute atomic E-state index is 13.7. The molecule has 0 radical (unpaired) electrons. The summed E-state index contributed by atoms with van der Waals surface area (Å²) in [5.74, 6) is -1.01. The molecule has 0 spiro atoms. The highest BCUT2D eigenvalue weighted by Gasteiger charge is 2.33. The van der Waals surface area contributed by atoms with E-state index >= 15 is 0 Å². The maximum Gasteiger partial charge on any atom is 0.338 e. The lowest BCUT2D eigenvalue weighted by Gasteiger charge is -2.35. The minimum Gasteiger partial charge on any atom is -0.495 e. The molecule has 1 atom stereocenters. The number of esters is 1. The maximum atomic E-state index is 13.7. The van der Waals surface area contributed by atoms with Crippen molar-refractivity contribution >= 4 is 44.9 Å². The van der Waals surface area contributed by atoms with Gasteiger partial charge in [0.2, 0.25) is 10.0 Å². The van der Waals surface area contributed by atoms with E-state index in [4.69, 9.17) is 21.1 Å². The Balaban J connectivity index is 1.30. The Hall–Kier alpha value is -3.60. The Morgan fingerprint density at radius 2 is 1.68 bits per heavy atom. The third kappa shape index (κ3) is 5.52. The molecule has 1 fully saturated rings. The van der Waals surface area contributed by atoms with E-state index in [1.54, 1.807) is 11.0 Å². The number of ether oxygens (including phenoxy) is 2. The third-order valence-corrected chi connectivity index (χ3v) is 9.37. The number of anilines is 2. The van der Waals surface area contributed by atoms with E-state index < -0.39 is 22.1 Å². The Kier molecular flexibility index (Phi) is 8.02. The molecule has 0 saturated carbocycles. The highest BCUT2D eigenvalue weighted by Crippen LogP contribution is 2.31. The van der Waals surface area contributed by atoms with Crippen LogP contribution in [0.25, 0.3) is 0 Å². The van der Waals surface area contributed by atoms with Crippen molar-refractivity contribution in [1.29, 1.82) is 0 Å². The van der Waals surface area contributed by atoms with Crippen molar-refractivity contribution in [3.05, 3.63) is 82.9 Å². The second-order valence-corrected chi connectivity index (χ2v) is 12.0. The number of amides is 1. The van der Waals surface area contributed by atoms with Crippen LogP contribution in [0.4, 0.5) is 11.4 Å². The molecular formula is C29H30ClN3O6S. The van der Waals surface area contributed by atoms with Crippen LogP contribution in [0.2, 0.25) is 5.02 Å². The summed E-state index contributed by atoms with van der Waals surface area (Å²) in [4.78, 5) is 29.7. The van der Waals surface area contributed by atoms with Gasteiger partial charge in [0.15, 0.2) is 6.10 Å². The second kappa shape index (κ2) is 11.5. The van der Waals surface area contributed by atoms with Gasteiger partial charge in [-0.05, 0) is 61.4 Å². The zero-order valence-electron chi connectivity index (χ0n) is 22.2. The molecule has 3 aromatic carbocycles. The molecule has 5 rings (SSSR count). The lowest BCUT2D eigenvalue weighted by molar-refractivity contribution is -0.126. The van der Waals surface area contributed by atoms with Crippen LogP contribution in [-0.2, 0) is 26.0 Å². The van der Waals surface area contributed by atoms with E-state index in [1.807, 2.05) is 42.5 Å². The summed E-state index contributed by atoms with van der Waals surface area (Å²) in [6, 6.07) is 19.1. The normalized spacial score (nSPS) is 16.4. The van der Waals surface area contributed by atoms with Gasteiger partial charge < -0.3 is 19.3 Å². The highest BCUT2D eigenvalue weighted by molar-refractivity contribution is 7.89. The van der Waals surface area contributed by atoms with Gasteiger partial charge >= 0.3 is 5.97 Å². The molecule has 9 nitrogen and oxygen atoms in total. The molecule has 0 aliphatic carbocycles. The number of hydrogen-bond donors (Lipinski definition) is 0. The third-order valence-electron chi connectivity index (χ3n) is 7.21. The summed E-state index contributed by atoms with van der Waals surface area (Å²) in [6.45, 7) is 3.47. The number of methoxy groups -OCH3 is 1. The van der Waals surface area contributed by atoms with Gasteiger partial charge in [-0.25, -0.2) is 13.2 Å². The van der Waals surface area contributed by atoms with Crippen LogP contribution in [0.3, 0.4) is 0 Å². The monoisotopic (exact) mass is 583 g/mol. The molecular weight excluding hydrogens is 554 g/mol. The summed E-state index contributed by atoms with van der Waals surface area (Å²) in [5.41, 5.74) is 2.81. The first-order chi connectivity index (χ1) is 19.2. The van der Waals surface area contributed by atoms with Gasteiger partial charge in [-0.2, -0.15) is 4.31 Å². The molecule has 0 bridgehead atoms. The van der Waals surface area contributed by atoms with E-state index in [-0.39, 0.29) is 35.2 Å². The summed E-state index contributed by atoms with van der Waals surface area (Å²) in [6.07, 6.45) is -0.323. The largest absolute Gasteiger partial charge is 0.495 e. The fraction of sp³-hybridized carbons (Fsp3) is 0.310. The molecule has 1 unspecified atom stereocenters. The van der Waals surface area contributed by atoms with Crippen LogP contribution in [-0.4, -0.2) is 70.5 Å². The Bertz CT molecular complexity index is 1540. The van der Waals surface area contributed by atoms with Crippen molar-refractivity contribution in [3.63, 3.8) is 0 Å². The van der Waals surface area contributed by atoms with Gasteiger partial charge in [-0.1, -0.05) is 35.9 Å². The van der Waals surface area contributed by atoms with Crippen LogP contribution in [0.5, 0.6) is 5.75 Å². The van der Waals surface area contributed by atoms with Crippen molar-refractivity contribution < 1.29 is 27.5 Å². The van der Waals surface area contributed by atoms with Crippen LogP contribution in [0.1, 0.15) is 22.8 Å². The van der Waals surface area contributed by atoms with Gasteiger partial charge in [0.25, 0.3) is 5.91 Å². The molecule has 2 heterocycles. The van der Waals surface area contributed by atoms with Crippen LogP contribution in [0.15, 0.2) is 71.6 Å². The number of carbonyl (C=O) groups excluding carboxylic acids is 2. The first-order valence-electron chi connectivity index (χ1n) is 13.0. The molecule has 2 aliphatic rings. The number of rotatable bonds is 7. The zero-order valence-corrected chi connectivity index (χ0v) is 23.8. The molecule has 1 saturated heterocycles. The SMILES string of the molecule is COc1ccc(C(=O)OC(C)C(=O)N2CCc3ccccc32)cc1S(=O)(=O)N1CCN(c2cccc(Cl)c2)CC1. The topological polar surface area (TPSA) is 96.5 Å². The number of fused-ring (bicyclic) bond motifs is 1. The van der Waals surface area contributed by atoms with E-state index in [0.717, 1.165) is 23.4 Å². The molecule has 0 N–H and O–H groups in total. The minimum atomic E-state index is -3.99. The number of sulfonamides is 1. The number of carbonyl (C=O) groups is 2. The molecule has 3 aromatic rings. The predicted octanol–water partition coefficient (Wildman–Crippen LogP) is 3.99.